The van der Waals surface area contributed by atoms with Crippen LogP contribution in [0.4, 0.5) is 4.79 Å². The Morgan fingerprint density at radius 3 is 2.53 bits per heavy atom. The molecule has 1 atom stereocenters. The zero-order chi connectivity index (χ0) is 24.1. The number of esters is 1. The predicted octanol–water partition coefficient (Wildman–Crippen LogP) is 4.65. The van der Waals surface area contributed by atoms with E-state index in [9.17, 15) is 19.5 Å². The number of ether oxygens (including phenoxy) is 2. The van der Waals surface area contributed by atoms with Crippen molar-refractivity contribution in [2.45, 2.75) is 32.4 Å². The Kier molecular flexibility index (Phi) is 6.77. The molecule has 0 bridgehead atoms. The van der Waals surface area contributed by atoms with Crippen LogP contribution in [-0.2, 0) is 16.1 Å². The van der Waals surface area contributed by atoms with Gasteiger partial charge in [0, 0.05) is 12.1 Å². The second-order valence-corrected chi connectivity index (χ2v) is 7.71. The third-order valence-electron chi connectivity index (χ3n) is 5.22. The molecule has 1 aromatic heterocycles. The summed E-state index contributed by atoms with van der Waals surface area (Å²) in [6, 6.07) is 17.4. The third kappa shape index (κ3) is 5.01. The number of rotatable bonds is 7. The van der Waals surface area contributed by atoms with E-state index in [1.807, 2.05) is 37.3 Å². The smallest absolute Gasteiger partial charge is 0.408 e. The highest BCUT2D eigenvalue weighted by molar-refractivity contribution is 5.94. The summed E-state index contributed by atoms with van der Waals surface area (Å²) in [5.41, 5.74) is 0.843. The normalized spacial score (nSPS) is 11.8. The summed E-state index contributed by atoms with van der Waals surface area (Å²) in [5, 5.41) is 13.3. The van der Waals surface area contributed by atoms with Gasteiger partial charge in [0.2, 0.25) is 5.43 Å². The first-order valence-electron chi connectivity index (χ1n) is 10.8. The van der Waals surface area contributed by atoms with E-state index in [4.69, 9.17) is 13.9 Å². The first-order valence-corrected chi connectivity index (χ1v) is 10.8. The first-order chi connectivity index (χ1) is 16.5. The quantitative estimate of drug-likeness (QED) is 0.234. The van der Waals surface area contributed by atoms with Crippen LogP contribution in [-0.4, -0.2) is 23.2 Å². The van der Waals surface area contributed by atoms with Crippen molar-refractivity contribution in [1.82, 2.24) is 5.32 Å². The third-order valence-corrected chi connectivity index (χ3v) is 5.22. The number of carbonyl (C=O) groups is 2. The minimum Gasteiger partial charge on any atom is -0.507 e. The number of fused-ring (bicyclic) bond motifs is 2. The van der Waals surface area contributed by atoms with Gasteiger partial charge in [-0.3, -0.25) is 4.79 Å². The lowest BCUT2D eigenvalue weighted by Gasteiger charge is -2.17. The Labute approximate surface area is 194 Å². The van der Waals surface area contributed by atoms with Gasteiger partial charge in [0.05, 0.1) is 5.39 Å². The molecule has 0 fully saturated rings. The summed E-state index contributed by atoms with van der Waals surface area (Å²) in [5.74, 6) is -1.13. The molecule has 174 valence electrons. The molecule has 0 saturated heterocycles. The first kappa shape index (κ1) is 22.8. The molecule has 34 heavy (non-hydrogen) atoms. The largest absolute Gasteiger partial charge is 0.507 e. The lowest BCUT2D eigenvalue weighted by Crippen LogP contribution is -2.43. The highest BCUT2D eigenvalue weighted by atomic mass is 16.6. The van der Waals surface area contributed by atoms with Crippen LogP contribution in [0.15, 0.2) is 75.9 Å². The molecule has 4 rings (SSSR count). The maximum atomic E-state index is 12.8. The summed E-state index contributed by atoms with van der Waals surface area (Å²) < 4.78 is 16.3. The van der Waals surface area contributed by atoms with Crippen LogP contribution in [0, 0.1) is 0 Å². The van der Waals surface area contributed by atoms with Gasteiger partial charge in [-0.05, 0) is 24.1 Å². The molecule has 0 spiro atoms. The van der Waals surface area contributed by atoms with Crippen LogP contribution in [0.3, 0.4) is 0 Å². The van der Waals surface area contributed by atoms with Crippen molar-refractivity contribution in [1.29, 1.82) is 0 Å². The summed E-state index contributed by atoms with van der Waals surface area (Å²) in [7, 11) is 0. The minimum absolute atomic E-state index is 0.00813. The molecule has 2 N–H and O–H groups in total. The van der Waals surface area contributed by atoms with E-state index in [0.29, 0.717) is 23.8 Å². The molecule has 1 amide bonds. The van der Waals surface area contributed by atoms with Gasteiger partial charge in [-0.1, -0.05) is 55.8 Å². The molecule has 1 heterocycles. The molecule has 1 unspecified atom stereocenters. The van der Waals surface area contributed by atoms with Crippen LogP contribution < -0.4 is 15.5 Å². The van der Waals surface area contributed by atoms with E-state index in [0.717, 1.165) is 5.56 Å². The monoisotopic (exact) mass is 461 g/mol. The molecule has 0 radical (unpaired) electrons. The molecule has 0 aliphatic rings. The number of para-hydroxylation sites is 1. The number of hydrogen-bond acceptors (Lipinski definition) is 7. The van der Waals surface area contributed by atoms with E-state index in [1.54, 1.807) is 24.3 Å². The average Bonchev–Trinajstić information content (AvgIpc) is 2.83. The Morgan fingerprint density at radius 2 is 1.76 bits per heavy atom. The summed E-state index contributed by atoms with van der Waals surface area (Å²) in [4.78, 5) is 37.7. The zero-order valence-corrected chi connectivity index (χ0v) is 18.4. The van der Waals surface area contributed by atoms with Gasteiger partial charge in [-0.15, -0.1) is 0 Å². The van der Waals surface area contributed by atoms with Crippen molar-refractivity contribution >= 4 is 34.0 Å². The number of phenols is 1. The molecule has 8 heteroatoms. The topological polar surface area (TPSA) is 115 Å². The van der Waals surface area contributed by atoms with Crippen molar-refractivity contribution in [2.75, 3.05) is 0 Å². The number of hydrogen-bond donors (Lipinski definition) is 2. The molecule has 0 saturated carbocycles. The van der Waals surface area contributed by atoms with Crippen LogP contribution in [0.1, 0.15) is 25.3 Å². The van der Waals surface area contributed by atoms with Gasteiger partial charge < -0.3 is 24.3 Å². The highest BCUT2D eigenvalue weighted by Crippen LogP contribution is 2.30. The number of carbonyl (C=O) groups excluding carboxylic acids is 2. The van der Waals surface area contributed by atoms with Gasteiger partial charge in [-0.25, -0.2) is 9.59 Å². The Morgan fingerprint density at radius 1 is 1.03 bits per heavy atom. The number of aromatic hydroxyl groups is 1. The van der Waals surface area contributed by atoms with Gasteiger partial charge in [0.15, 0.2) is 0 Å². The molecule has 3 aromatic carbocycles. The minimum atomic E-state index is -0.963. The number of nitrogens with one attached hydrogen (secondary N) is 1. The van der Waals surface area contributed by atoms with Crippen molar-refractivity contribution in [3.05, 3.63) is 82.5 Å². The summed E-state index contributed by atoms with van der Waals surface area (Å²) in [6.07, 6.45) is 0.166. The second-order valence-electron chi connectivity index (χ2n) is 7.71. The van der Waals surface area contributed by atoms with Crippen LogP contribution in [0.2, 0.25) is 0 Å². The fraction of sp³-hybridized carbons (Fsp3) is 0.192. The lowest BCUT2D eigenvalue weighted by molar-refractivity contribution is -0.136. The van der Waals surface area contributed by atoms with E-state index in [-0.39, 0.29) is 34.5 Å². The lowest BCUT2D eigenvalue weighted by atomic mass is 10.1. The molecule has 4 aromatic rings. The maximum absolute atomic E-state index is 12.8. The van der Waals surface area contributed by atoms with E-state index >= 15 is 0 Å². The van der Waals surface area contributed by atoms with E-state index in [2.05, 4.69) is 5.32 Å². The predicted molar refractivity (Wildman–Crippen MR) is 126 cm³/mol. The Bertz CT molecular complexity index is 1400. The standard InChI is InChI=1S/C26H23NO7/c1-2-8-19(27-26(31)32-15-16-9-4-3-5-10-16)25(30)33-17-13-20(28)23-22(14-17)34-21-12-7-6-11-18(21)24(23)29/h3-7,9-14,19,28H,2,8,15H2,1H3,(H,27,31). The molecular weight excluding hydrogens is 438 g/mol. The number of benzene rings is 3. The van der Waals surface area contributed by atoms with E-state index < -0.39 is 18.1 Å². The average molecular weight is 461 g/mol. The molecule has 0 aliphatic heterocycles. The SMILES string of the molecule is CCCC(NC(=O)OCc1ccccc1)C(=O)Oc1cc(O)c2c(=O)c3ccccc3oc2c1. The number of phenolic OH excluding ortho intramolecular Hbond substituents is 1. The van der Waals surface area contributed by atoms with Crippen molar-refractivity contribution < 1.29 is 28.6 Å². The summed E-state index contributed by atoms with van der Waals surface area (Å²) >= 11 is 0. The Hall–Kier alpha value is -4.33. The van der Waals surface area contributed by atoms with E-state index in [1.165, 1.54) is 12.1 Å². The fourth-order valence-corrected chi connectivity index (χ4v) is 3.57. The van der Waals surface area contributed by atoms with Crippen LogP contribution in [0.25, 0.3) is 21.9 Å². The van der Waals surface area contributed by atoms with Gasteiger partial charge >= 0.3 is 12.1 Å². The molecule has 8 nitrogen and oxygen atoms in total. The van der Waals surface area contributed by atoms with Crippen molar-refractivity contribution in [3.8, 4) is 11.5 Å². The summed E-state index contributed by atoms with van der Waals surface area (Å²) in [6.45, 7) is 1.92. The zero-order valence-electron chi connectivity index (χ0n) is 18.4. The fourth-order valence-electron chi connectivity index (χ4n) is 3.57. The number of amides is 1. The van der Waals surface area contributed by atoms with Gasteiger partial charge in [0.1, 0.15) is 40.7 Å². The van der Waals surface area contributed by atoms with Gasteiger partial charge in [-0.2, -0.15) is 0 Å². The molecule has 0 aliphatic carbocycles. The second kappa shape index (κ2) is 10.1. The van der Waals surface area contributed by atoms with Crippen LogP contribution >= 0.6 is 0 Å². The maximum Gasteiger partial charge on any atom is 0.408 e. The van der Waals surface area contributed by atoms with Crippen molar-refractivity contribution in [3.63, 3.8) is 0 Å². The Balaban J connectivity index is 1.51. The van der Waals surface area contributed by atoms with Crippen LogP contribution in [0.5, 0.6) is 11.5 Å². The van der Waals surface area contributed by atoms with Crippen molar-refractivity contribution in [2.24, 2.45) is 0 Å². The molecular formula is C26H23NO7. The van der Waals surface area contributed by atoms with Gasteiger partial charge in [0.25, 0.3) is 0 Å². The number of alkyl carbamates (subject to hydrolysis) is 1. The highest BCUT2D eigenvalue weighted by Gasteiger charge is 2.24.